The van der Waals surface area contributed by atoms with Crippen molar-refractivity contribution in [2.75, 3.05) is 26.2 Å². The summed E-state index contributed by atoms with van der Waals surface area (Å²) in [6, 6.07) is 7.33. The van der Waals surface area contributed by atoms with Gasteiger partial charge in [0.1, 0.15) is 23.7 Å². The van der Waals surface area contributed by atoms with Gasteiger partial charge >= 0.3 is 0 Å². The molecule has 8 rings (SSSR count). The predicted molar refractivity (Wildman–Crippen MR) is 145 cm³/mol. The molecule has 1 N–H and O–H groups in total. The first-order valence-electron chi connectivity index (χ1n) is 14.2. The molecule has 196 valence electrons. The third-order valence-electron chi connectivity index (χ3n) is 9.62. The Morgan fingerprint density at radius 1 is 1.03 bits per heavy atom. The zero-order chi connectivity index (χ0) is 25.6. The Bertz CT molecular complexity index is 1570. The number of ether oxygens (including phenoxy) is 1. The number of allylic oxidation sites excluding steroid dienone is 4. The van der Waals surface area contributed by atoms with Crippen molar-refractivity contribution in [1.82, 2.24) is 4.90 Å². The van der Waals surface area contributed by atoms with Crippen LogP contribution in [0.1, 0.15) is 50.5 Å². The van der Waals surface area contributed by atoms with Gasteiger partial charge in [-0.3, -0.25) is 9.45 Å². The first-order valence-corrected chi connectivity index (χ1v) is 15.6. The Hall–Kier alpha value is -2.74. The summed E-state index contributed by atoms with van der Waals surface area (Å²) in [5.41, 5.74) is 8.90. The minimum atomic E-state index is -4.41. The molecule has 3 unspecified atom stereocenters. The molecule has 0 amide bonds. The van der Waals surface area contributed by atoms with Crippen LogP contribution in [0.25, 0.3) is 5.57 Å². The maximum absolute atomic E-state index is 12.6. The van der Waals surface area contributed by atoms with Gasteiger partial charge in [0.15, 0.2) is 6.10 Å². The van der Waals surface area contributed by atoms with E-state index in [1.807, 2.05) is 12.1 Å². The third kappa shape index (κ3) is 3.31. The Morgan fingerprint density at radius 3 is 2.79 bits per heavy atom. The lowest BCUT2D eigenvalue weighted by Crippen LogP contribution is -2.52. The summed E-state index contributed by atoms with van der Waals surface area (Å²) in [6.45, 7) is 4.39. The molecule has 38 heavy (non-hydrogen) atoms. The van der Waals surface area contributed by atoms with E-state index >= 15 is 0 Å². The molecule has 7 aliphatic rings. The van der Waals surface area contributed by atoms with Gasteiger partial charge in [-0.05, 0) is 57.3 Å². The molecule has 0 saturated carbocycles. The predicted octanol–water partition coefficient (Wildman–Crippen LogP) is 4.67. The molecule has 1 aromatic carbocycles. The monoisotopic (exact) mass is 529 g/mol. The quantitative estimate of drug-likeness (QED) is 0.445. The van der Waals surface area contributed by atoms with E-state index in [4.69, 9.17) is 4.74 Å². The van der Waals surface area contributed by atoms with Crippen molar-refractivity contribution in [2.24, 2.45) is 5.92 Å². The van der Waals surface area contributed by atoms with Crippen molar-refractivity contribution in [3.05, 3.63) is 81.7 Å². The van der Waals surface area contributed by atoms with Gasteiger partial charge in [-0.15, -0.1) is 0 Å². The molecule has 7 heteroatoms. The van der Waals surface area contributed by atoms with E-state index in [2.05, 4.69) is 27.7 Å². The van der Waals surface area contributed by atoms with E-state index in [1.165, 1.54) is 28.5 Å². The van der Waals surface area contributed by atoms with Gasteiger partial charge in [-0.1, -0.05) is 35.9 Å². The smallest absolute Gasteiger partial charge is 0.295 e. The minimum Gasteiger partial charge on any atom is -0.484 e. The van der Waals surface area contributed by atoms with Crippen molar-refractivity contribution in [3.8, 4) is 0 Å². The van der Waals surface area contributed by atoms with Crippen LogP contribution in [-0.2, 0) is 14.9 Å². The fourth-order valence-corrected chi connectivity index (χ4v) is 8.95. The van der Waals surface area contributed by atoms with Gasteiger partial charge in [0.05, 0.1) is 5.57 Å². The second-order valence-electron chi connectivity index (χ2n) is 11.7. The molecular weight excluding hydrogens is 496 g/mol. The van der Waals surface area contributed by atoms with E-state index < -0.39 is 10.1 Å². The second kappa shape index (κ2) is 8.38. The molecule has 1 aromatic rings. The standard InChI is InChI=1S/C31H32N2O4S/c34-38(35,36)26-12-2-1-9-21(26)27-24-17-19-7-3-13-32-15-5-10-22(28(19)32)30(24)37-31-23-11-6-16-33-14-4-8-20(29(23)33)18-25(27)31/h1-2,9-10,12,17-18,23,29-30H,3-8,11,13-16H2/p+1. The lowest BCUT2D eigenvalue weighted by atomic mass is 9.69. The first-order chi connectivity index (χ1) is 18.5. The van der Waals surface area contributed by atoms with Crippen LogP contribution in [0.2, 0.25) is 0 Å². The average Bonchev–Trinajstić information content (AvgIpc) is 2.92. The van der Waals surface area contributed by atoms with E-state index in [0.29, 0.717) is 11.6 Å². The highest BCUT2D eigenvalue weighted by molar-refractivity contribution is 7.86. The van der Waals surface area contributed by atoms with Crippen LogP contribution in [0.4, 0.5) is 0 Å². The fourth-order valence-electron chi connectivity index (χ4n) is 8.25. The highest BCUT2D eigenvalue weighted by Crippen LogP contribution is 2.53. The summed E-state index contributed by atoms with van der Waals surface area (Å²) in [5.74, 6) is 1.29. The lowest BCUT2D eigenvalue weighted by Gasteiger charge is -2.50. The summed E-state index contributed by atoms with van der Waals surface area (Å²) >= 11 is 0. The van der Waals surface area contributed by atoms with Crippen LogP contribution in [0, 0.1) is 5.92 Å². The van der Waals surface area contributed by atoms with Crippen LogP contribution in [0.5, 0.6) is 0 Å². The highest BCUT2D eigenvalue weighted by Gasteiger charge is 2.49. The molecular formula is C31H33N2O4S+. The Kier molecular flexibility index (Phi) is 5.11. The third-order valence-corrected chi connectivity index (χ3v) is 10.5. The summed E-state index contributed by atoms with van der Waals surface area (Å²) < 4.78 is 45.2. The number of piperidine rings is 2. The Labute approximate surface area is 224 Å². The molecule has 2 saturated heterocycles. The number of hydrogen-bond acceptors (Lipinski definition) is 4. The van der Waals surface area contributed by atoms with Gasteiger partial charge in [0.25, 0.3) is 10.1 Å². The Morgan fingerprint density at radius 2 is 1.89 bits per heavy atom. The molecule has 0 bridgehead atoms. The van der Waals surface area contributed by atoms with E-state index in [1.54, 1.807) is 6.07 Å². The van der Waals surface area contributed by atoms with Crippen LogP contribution < -0.4 is 0 Å². The van der Waals surface area contributed by atoms with Crippen LogP contribution in [0.15, 0.2) is 81.0 Å². The van der Waals surface area contributed by atoms with Gasteiger partial charge in [-0.25, -0.2) is 4.58 Å². The number of hydrogen-bond donors (Lipinski definition) is 1. The zero-order valence-electron chi connectivity index (χ0n) is 21.5. The van der Waals surface area contributed by atoms with Crippen LogP contribution >= 0.6 is 0 Å². The molecule has 5 aliphatic heterocycles. The van der Waals surface area contributed by atoms with Crippen LogP contribution in [-0.4, -0.2) is 66.5 Å². The van der Waals surface area contributed by atoms with Crippen molar-refractivity contribution in [2.45, 2.75) is 62.0 Å². The summed E-state index contributed by atoms with van der Waals surface area (Å²) in [7, 11) is -4.41. The molecule has 5 heterocycles. The van der Waals surface area contributed by atoms with Crippen LogP contribution in [0.3, 0.4) is 0 Å². The largest absolute Gasteiger partial charge is 0.484 e. The van der Waals surface area contributed by atoms with Gasteiger partial charge in [0.2, 0.25) is 5.71 Å². The fraction of sp³-hybridized carbons (Fsp3) is 0.452. The molecule has 2 aliphatic carbocycles. The maximum atomic E-state index is 12.6. The Balaban J connectivity index is 1.44. The molecule has 3 atom stereocenters. The summed E-state index contributed by atoms with van der Waals surface area (Å²) in [5, 5.41) is 0. The molecule has 0 spiro atoms. The van der Waals surface area contributed by atoms with Crippen molar-refractivity contribution in [3.63, 3.8) is 0 Å². The summed E-state index contributed by atoms with van der Waals surface area (Å²) in [4.78, 5) is 2.61. The van der Waals surface area contributed by atoms with Gasteiger partial charge in [-0.2, -0.15) is 8.42 Å². The van der Waals surface area contributed by atoms with Crippen molar-refractivity contribution in [1.29, 1.82) is 0 Å². The molecule has 6 nitrogen and oxygen atoms in total. The van der Waals surface area contributed by atoms with Crippen molar-refractivity contribution < 1.29 is 22.3 Å². The maximum Gasteiger partial charge on any atom is 0.295 e. The van der Waals surface area contributed by atoms with E-state index in [9.17, 15) is 13.0 Å². The minimum absolute atomic E-state index is 0.0273. The zero-order valence-corrected chi connectivity index (χ0v) is 22.3. The molecule has 0 aromatic heterocycles. The normalized spacial score (nSPS) is 30.3. The highest BCUT2D eigenvalue weighted by atomic mass is 32.2. The number of benzene rings is 1. The number of nitrogens with zero attached hydrogens (tertiary/aromatic N) is 2. The topological polar surface area (TPSA) is 69.8 Å². The van der Waals surface area contributed by atoms with Gasteiger partial charge < -0.3 is 4.74 Å². The second-order valence-corrected chi connectivity index (χ2v) is 13.1. The molecule has 2 fully saturated rings. The van der Waals surface area contributed by atoms with Gasteiger partial charge in [0, 0.05) is 52.7 Å². The SMILES string of the molecule is O=S(=O)(O)c1ccccc1C1=C2C=C3CCC[N+]4=C3C(=CCC4)C2OC2=C1C=C1CCCN3CCCC2C13. The number of rotatable bonds is 2. The summed E-state index contributed by atoms with van der Waals surface area (Å²) in [6.07, 6.45) is 14.3. The molecule has 0 radical (unpaired) electrons. The lowest BCUT2D eigenvalue weighted by molar-refractivity contribution is -0.531. The first kappa shape index (κ1) is 23.2. The van der Waals surface area contributed by atoms with E-state index in [0.717, 1.165) is 93.6 Å². The van der Waals surface area contributed by atoms with E-state index in [-0.39, 0.29) is 16.9 Å². The number of fused-ring (bicyclic) bond motifs is 3. The average molecular weight is 530 g/mol. The van der Waals surface area contributed by atoms with Crippen molar-refractivity contribution >= 4 is 21.4 Å².